The van der Waals surface area contributed by atoms with Crippen LogP contribution in [-0.2, 0) is 18.5 Å². The highest BCUT2D eigenvalue weighted by atomic mass is 15.3. The third-order valence-corrected chi connectivity index (χ3v) is 9.81. The lowest BCUT2D eigenvalue weighted by atomic mass is 9.76. The minimum atomic E-state index is -0.654. The van der Waals surface area contributed by atoms with Crippen LogP contribution in [0.1, 0.15) is 33.6 Å². The van der Waals surface area contributed by atoms with Crippen molar-refractivity contribution in [2.75, 3.05) is 10.6 Å². The van der Waals surface area contributed by atoms with Crippen LogP contribution in [0.15, 0.2) is 189 Å². The zero-order valence-electron chi connectivity index (χ0n) is 29.9. The second-order valence-corrected chi connectivity index (χ2v) is 13.2. The first-order valence-electron chi connectivity index (χ1n) is 18.3. The zero-order valence-corrected chi connectivity index (χ0v) is 29.9. The Hall–Kier alpha value is -7.39. The molecule has 9 aromatic rings. The largest absolute Gasteiger partial charge is 0.351 e. The summed E-state index contributed by atoms with van der Waals surface area (Å²) in [4.78, 5) is 23.8. The minimum absolute atomic E-state index is 0.423. The van der Waals surface area contributed by atoms with E-state index < -0.39 is 5.54 Å². The van der Waals surface area contributed by atoms with Gasteiger partial charge in [0.25, 0.3) is 0 Å². The maximum atomic E-state index is 4.97. The van der Waals surface area contributed by atoms with Gasteiger partial charge in [-0.2, -0.15) is 4.98 Å². The summed E-state index contributed by atoms with van der Waals surface area (Å²) in [5.41, 5.74) is 7.62. The number of fused-ring (bicyclic) bond motifs is 1. The van der Waals surface area contributed by atoms with Crippen LogP contribution in [-0.4, -0.2) is 34.1 Å². The summed E-state index contributed by atoms with van der Waals surface area (Å²) in [6.45, 7) is 0.606. The van der Waals surface area contributed by atoms with Gasteiger partial charge in [-0.05, 0) is 52.1 Å². The van der Waals surface area contributed by atoms with Crippen molar-refractivity contribution >= 4 is 28.6 Å². The third kappa shape index (κ3) is 6.59. The second-order valence-electron chi connectivity index (χ2n) is 13.2. The van der Waals surface area contributed by atoms with Gasteiger partial charge < -0.3 is 15.2 Å². The molecule has 0 aliphatic carbocycles. The van der Waals surface area contributed by atoms with E-state index in [0.717, 1.165) is 50.4 Å². The van der Waals surface area contributed by atoms with E-state index in [1.54, 1.807) is 0 Å². The summed E-state index contributed by atoms with van der Waals surface area (Å²) in [6, 6.07) is 58.5. The van der Waals surface area contributed by atoms with Crippen molar-refractivity contribution in [3.8, 4) is 5.95 Å². The second kappa shape index (κ2) is 14.9. The van der Waals surface area contributed by atoms with Crippen LogP contribution in [0.25, 0.3) is 17.0 Å². The average molecular weight is 716 g/mol. The molecule has 6 aromatic carbocycles. The first-order valence-corrected chi connectivity index (χ1v) is 18.3. The van der Waals surface area contributed by atoms with Gasteiger partial charge >= 0.3 is 0 Å². The number of hydrogen-bond donors (Lipinski definition) is 2. The van der Waals surface area contributed by atoms with E-state index in [-0.39, 0.29) is 0 Å². The molecule has 0 atom stereocenters. The summed E-state index contributed by atoms with van der Waals surface area (Å²) < 4.78 is 4.25. The van der Waals surface area contributed by atoms with Crippen molar-refractivity contribution in [2.24, 2.45) is 0 Å². The summed E-state index contributed by atoms with van der Waals surface area (Å²) in [5, 5.41) is 6.91. The molecule has 9 nitrogen and oxygen atoms in total. The Morgan fingerprint density at radius 3 is 1.87 bits per heavy atom. The number of benzene rings is 6. The molecule has 3 aromatic heterocycles. The molecule has 3 heterocycles. The lowest BCUT2D eigenvalue weighted by Gasteiger charge is -2.38. The van der Waals surface area contributed by atoms with Crippen molar-refractivity contribution < 1.29 is 0 Å². The first-order chi connectivity index (χ1) is 27.3. The van der Waals surface area contributed by atoms with Crippen LogP contribution >= 0.6 is 0 Å². The van der Waals surface area contributed by atoms with Crippen LogP contribution in [0.5, 0.6) is 0 Å². The van der Waals surface area contributed by atoms with E-state index in [0.29, 0.717) is 30.8 Å². The Balaban J connectivity index is 1.04. The van der Waals surface area contributed by atoms with E-state index in [9.17, 15) is 0 Å². The molecule has 0 amide bonds. The Morgan fingerprint density at radius 1 is 0.564 bits per heavy atom. The number of aromatic nitrogens is 7. The number of anilines is 3. The molecule has 2 N–H and O–H groups in total. The normalized spacial score (nSPS) is 11.4. The fourth-order valence-electron chi connectivity index (χ4n) is 7.38. The lowest BCUT2D eigenvalue weighted by molar-refractivity contribution is 0.496. The van der Waals surface area contributed by atoms with Crippen LogP contribution in [0, 0.1) is 0 Å². The molecule has 9 rings (SSSR count). The predicted octanol–water partition coefficient (Wildman–Crippen LogP) is 9.19. The van der Waals surface area contributed by atoms with Gasteiger partial charge in [-0.25, -0.2) is 24.5 Å². The molecule has 0 aliphatic heterocycles. The Morgan fingerprint density at radius 2 is 1.18 bits per heavy atom. The Kier molecular flexibility index (Phi) is 9.07. The Labute approximate surface area is 319 Å². The number of rotatable bonds is 12. The van der Waals surface area contributed by atoms with E-state index in [2.05, 4.69) is 147 Å². The third-order valence-electron chi connectivity index (χ3n) is 9.81. The summed E-state index contributed by atoms with van der Waals surface area (Å²) in [7, 11) is 0. The molecule has 0 saturated heterocycles. The molecule has 0 unspecified atom stereocenters. The number of imidazole rings is 2. The quantitative estimate of drug-likeness (QED) is 0.122. The molecule has 55 heavy (non-hydrogen) atoms. The van der Waals surface area contributed by atoms with Crippen molar-refractivity contribution in [1.82, 2.24) is 34.1 Å². The summed E-state index contributed by atoms with van der Waals surface area (Å²) in [5.74, 6) is 2.46. The Bertz CT molecular complexity index is 2560. The fraction of sp³-hybridized carbons (Fsp3) is 0.0652. The van der Waals surface area contributed by atoms with Crippen LogP contribution in [0.4, 0.5) is 17.6 Å². The topological polar surface area (TPSA) is 98.4 Å². The SMILES string of the molecule is c1ccc(CNc2nc3ccccc3n2-c2ncnc(Nc3cccc(Cc4nccn4C(c4ccccc4)(c4ccccc4)c4ccccc4)c3)n2)cc1. The standard InChI is InChI=1S/C46H37N9/c1-5-16-34(17-6-1)32-48-44-52-40-26-13-14-27-41(40)55(44)45-50-33-49-43(53-45)51-39-25-15-18-35(30-39)31-42-47-28-29-54(42)46(36-19-7-2-8-20-36,37-21-9-3-10-22-37)38-23-11-4-12-24-38/h1-30,33H,31-32H2,(H,48,52)(H,49,50,51,53). The van der Waals surface area contributed by atoms with E-state index in [4.69, 9.17) is 15.0 Å². The highest BCUT2D eigenvalue weighted by Gasteiger charge is 2.39. The van der Waals surface area contributed by atoms with E-state index in [1.165, 1.54) is 6.33 Å². The van der Waals surface area contributed by atoms with Crippen molar-refractivity contribution in [3.63, 3.8) is 0 Å². The molecule has 0 bridgehead atoms. The maximum absolute atomic E-state index is 4.97. The van der Waals surface area contributed by atoms with Crippen LogP contribution < -0.4 is 10.6 Å². The molecule has 0 radical (unpaired) electrons. The molecule has 266 valence electrons. The minimum Gasteiger partial charge on any atom is -0.351 e. The molecule has 0 aliphatic rings. The van der Waals surface area contributed by atoms with Gasteiger partial charge in [-0.15, -0.1) is 0 Å². The van der Waals surface area contributed by atoms with E-state index >= 15 is 0 Å². The van der Waals surface area contributed by atoms with Crippen molar-refractivity contribution in [2.45, 2.75) is 18.5 Å². The maximum Gasteiger partial charge on any atom is 0.241 e. The number of para-hydroxylation sites is 2. The van der Waals surface area contributed by atoms with Gasteiger partial charge in [0.05, 0.1) is 11.0 Å². The molecular formula is C46H37N9. The molecule has 0 spiro atoms. The van der Waals surface area contributed by atoms with Crippen LogP contribution in [0.2, 0.25) is 0 Å². The van der Waals surface area contributed by atoms with Gasteiger partial charge in [0.15, 0.2) is 0 Å². The fourth-order valence-corrected chi connectivity index (χ4v) is 7.38. The van der Waals surface area contributed by atoms with Gasteiger partial charge in [0.1, 0.15) is 17.7 Å². The average Bonchev–Trinajstić information content (AvgIpc) is 3.87. The monoisotopic (exact) mass is 715 g/mol. The van der Waals surface area contributed by atoms with Crippen molar-refractivity contribution in [3.05, 3.63) is 222 Å². The first kappa shape index (κ1) is 33.4. The van der Waals surface area contributed by atoms with Gasteiger partial charge in [0, 0.05) is 31.0 Å². The molecule has 0 fully saturated rings. The van der Waals surface area contributed by atoms with Gasteiger partial charge in [-0.1, -0.05) is 146 Å². The van der Waals surface area contributed by atoms with Gasteiger partial charge in [0.2, 0.25) is 17.8 Å². The molecular weight excluding hydrogens is 679 g/mol. The number of nitrogens with one attached hydrogen (secondary N) is 2. The molecule has 9 heteroatoms. The number of hydrogen-bond acceptors (Lipinski definition) is 7. The van der Waals surface area contributed by atoms with Crippen LogP contribution in [0.3, 0.4) is 0 Å². The smallest absolute Gasteiger partial charge is 0.241 e. The summed E-state index contributed by atoms with van der Waals surface area (Å²) in [6.07, 6.45) is 6.11. The summed E-state index contributed by atoms with van der Waals surface area (Å²) >= 11 is 0. The molecule has 0 saturated carbocycles. The highest BCUT2D eigenvalue weighted by Crippen LogP contribution is 2.41. The lowest BCUT2D eigenvalue weighted by Crippen LogP contribution is -2.38. The van der Waals surface area contributed by atoms with Gasteiger partial charge in [-0.3, -0.25) is 0 Å². The zero-order chi connectivity index (χ0) is 36.9. The highest BCUT2D eigenvalue weighted by molar-refractivity contribution is 5.80. The predicted molar refractivity (Wildman–Crippen MR) is 218 cm³/mol. The van der Waals surface area contributed by atoms with E-state index in [1.807, 2.05) is 65.4 Å². The number of nitrogens with zero attached hydrogens (tertiary/aromatic N) is 7. The van der Waals surface area contributed by atoms with Crippen molar-refractivity contribution in [1.29, 1.82) is 0 Å².